The summed E-state index contributed by atoms with van der Waals surface area (Å²) in [6.45, 7) is 0. The minimum absolute atomic E-state index is 0. The molecular weight excluding hydrogens is 245 g/mol. The van der Waals surface area contributed by atoms with Crippen molar-refractivity contribution in [2.75, 3.05) is 0 Å². The minimum Gasteiger partial charge on any atom is -0.344 e. The van der Waals surface area contributed by atoms with E-state index in [1.54, 1.807) is 0 Å². The number of halogens is 1. The van der Waals surface area contributed by atoms with E-state index in [1.807, 2.05) is 36.4 Å². The Bertz CT molecular complexity index is 85.0. The third-order valence-corrected chi connectivity index (χ3v) is 0.667. The van der Waals surface area contributed by atoms with Gasteiger partial charge in [-0.3, -0.25) is 0 Å². The predicted molar refractivity (Wildman–Crippen MR) is 44.6 cm³/mol. The van der Waals surface area contributed by atoms with E-state index in [0.717, 1.165) is 0 Å². The highest BCUT2D eigenvalue weighted by Crippen LogP contribution is 1.79. The van der Waals surface area contributed by atoms with Crippen LogP contribution >= 0.6 is 13.5 Å². The largest absolute Gasteiger partial charge is 0.344 e. The Balaban J connectivity index is -0.000000120. The lowest BCUT2D eigenvalue weighted by atomic mass is 10.4. The fraction of sp³-hybridized carbons (Fsp3) is 0. The quantitative estimate of drug-likeness (QED) is 0.561. The number of hydrogen-bond acceptors (Lipinski definition) is 1. The molecule has 54 valence electrons. The second-order valence-corrected chi connectivity index (χ2v) is 1.15. The van der Waals surface area contributed by atoms with E-state index in [-0.39, 0.29) is 43.6 Å². The Hall–Kier alpha value is 0.260. The van der Waals surface area contributed by atoms with Gasteiger partial charge >= 0.3 is 0 Å². The van der Waals surface area contributed by atoms with Gasteiger partial charge in [0, 0.05) is 0 Å². The van der Waals surface area contributed by atoms with Crippen LogP contribution in [0.3, 0.4) is 0 Å². The van der Waals surface area contributed by atoms with Crippen molar-refractivity contribution in [1.82, 2.24) is 6.15 Å². The molecule has 0 aliphatic rings. The van der Waals surface area contributed by atoms with Crippen LogP contribution in [0, 0.1) is 0 Å². The fourth-order valence-corrected chi connectivity index (χ4v) is 0.385. The SMILES string of the molecule is N.S.[IH2+].c1ccccc1. The first-order valence-corrected chi connectivity index (χ1v) is 2.00. The van der Waals surface area contributed by atoms with Gasteiger partial charge in [0.05, 0.1) is 0 Å². The van der Waals surface area contributed by atoms with E-state index in [2.05, 4.69) is 0 Å². The standard InChI is InChI=1S/C6H6.H2I.H3N.H2S/c1-2-4-6-5-3-1;;;/h1-6H;1H2;1H3;1H2/q;+1;;. The topological polar surface area (TPSA) is 35.0 Å². The van der Waals surface area contributed by atoms with Gasteiger partial charge in [-0.1, -0.05) is 36.4 Å². The van der Waals surface area contributed by atoms with Crippen LogP contribution in [0.5, 0.6) is 0 Å². The monoisotopic (exact) mass is 258 g/mol. The Morgan fingerprint density at radius 3 is 0.778 bits per heavy atom. The van der Waals surface area contributed by atoms with Gasteiger partial charge in [0.2, 0.25) is 24.0 Å². The predicted octanol–water partition coefficient (Wildman–Crippen LogP) is -1.57. The van der Waals surface area contributed by atoms with E-state index in [1.165, 1.54) is 0 Å². The third kappa shape index (κ3) is 8.26. The van der Waals surface area contributed by atoms with E-state index < -0.39 is 0 Å². The number of rotatable bonds is 0. The van der Waals surface area contributed by atoms with Crippen molar-refractivity contribution in [1.29, 1.82) is 0 Å². The third-order valence-electron chi connectivity index (χ3n) is 0.667. The molecule has 0 aliphatic heterocycles. The normalized spacial score (nSPS) is 5.33. The second kappa shape index (κ2) is 11.1. The van der Waals surface area contributed by atoms with Crippen molar-refractivity contribution in [2.24, 2.45) is 0 Å². The molecular formula is C6H13INS+. The van der Waals surface area contributed by atoms with Gasteiger partial charge in [-0.2, -0.15) is 13.5 Å². The maximum atomic E-state index is 2.00. The van der Waals surface area contributed by atoms with Crippen molar-refractivity contribution < 1.29 is 24.0 Å². The van der Waals surface area contributed by atoms with Crippen molar-refractivity contribution in [3.63, 3.8) is 0 Å². The molecule has 0 unspecified atom stereocenters. The van der Waals surface area contributed by atoms with Crippen molar-refractivity contribution in [3.05, 3.63) is 36.4 Å². The molecule has 0 spiro atoms. The average molecular weight is 258 g/mol. The molecule has 0 bridgehead atoms. The molecule has 0 aromatic heterocycles. The molecule has 0 saturated carbocycles. The number of benzene rings is 1. The van der Waals surface area contributed by atoms with Gasteiger partial charge in [0.15, 0.2) is 0 Å². The Morgan fingerprint density at radius 1 is 0.556 bits per heavy atom. The Kier molecular flexibility index (Phi) is 19.9. The lowest BCUT2D eigenvalue weighted by Gasteiger charge is -1.69. The molecule has 0 saturated heterocycles. The molecule has 1 aromatic rings. The van der Waals surface area contributed by atoms with E-state index in [4.69, 9.17) is 0 Å². The molecule has 0 heterocycles. The molecule has 0 atom stereocenters. The van der Waals surface area contributed by atoms with Crippen LogP contribution in [0.4, 0.5) is 0 Å². The van der Waals surface area contributed by atoms with E-state index >= 15 is 0 Å². The minimum atomic E-state index is 0. The summed E-state index contributed by atoms with van der Waals surface area (Å²) >= 11 is 0. The lowest BCUT2D eigenvalue weighted by Crippen LogP contribution is -3.00. The Morgan fingerprint density at radius 2 is 0.667 bits per heavy atom. The highest BCUT2D eigenvalue weighted by atomic mass is 127. The van der Waals surface area contributed by atoms with E-state index in [0.29, 0.717) is 0 Å². The van der Waals surface area contributed by atoms with Crippen LogP contribution in [-0.4, -0.2) is 0 Å². The van der Waals surface area contributed by atoms with Crippen LogP contribution in [-0.2, 0) is 0 Å². The Labute approximate surface area is 79.9 Å². The molecule has 0 radical (unpaired) electrons. The van der Waals surface area contributed by atoms with Crippen molar-refractivity contribution in [3.8, 4) is 0 Å². The summed E-state index contributed by atoms with van der Waals surface area (Å²) in [5, 5.41) is 0. The molecule has 1 nitrogen and oxygen atoms in total. The summed E-state index contributed by atoms with van der Waals surface area (Å²) in [5.74, 6) is 0. The van der Waals surface area contributed by atoms with Crippen molar-refractivity contribution >= 4 is 13.5 Å². The first-order valence-electron chi connectivity index (χ1n) is 2.00. The first kappa shape index (κ1) is 16.1. The fourth-order valence-electron chi connectivity index (χ4n) is 0.385. The lowest BCUT2D eigenvalue weighted by molar-refractivity contribution is -0.00000180. The van der Waals surface area contributed by atoms with Crippen LogP contribution in [0.25, 0.3) is 0 Å². The van der Waals surface area contributed by atoms with Crippen LogP contribution in [0.2, 0.25) is 0 Å². The maximum absolute atomic E-state index is 2.00. The second-order valence-electron chi connectivity index (χ2n) is 1.15. The molecule has 1 rings (SSSR count). The van der Waals surface area contributed by atoms with Crippen molar-refractivity contribution in [2.45, 2.75) is 0 Å². The smallest absolute Gasteiger partial charge is 0.235 e. The zero-order chi connectivity index (χ0) is 4.24. The summed E-state index contributed by atoms with van der Waals surface area (Å²) in [7, 11) is 0. The van der Waals surface area contributed by atoms with Gasteiger partial charge in [-0.05, 0) is 0 Å². The van der Waals surface area contributed by atoms with Gasteiger partial charge in [-0.25, -0.2) is 0 Å². The molecule has 0 fully saturated rings. The molecule has 0 aliphatic carbocycles. The zero-order valence-electron chi connectivity index (χ0n) is 5.12. The molecule has 1 aromatic carbocycles. The zero-order valence-corrected chi connectivity index (χ0v) is 8.67. The van der Waals surface area contributed by atoms with Gasteiger partial charge < -0.3 is 6.15 Å². The van der Waals surface area contributed by atoms with E-state index in [9.17, 15) is 0 Å². The van der Waals surface area contributed by atoms with Gasteiger partial charge in [0.25, 0.3) is 0 Å². The van der Waals surface area contributed by atoms with Crippen LogP contribution in [0.1, 0.15) is 0 Å². The van der Waals surface area contributed by atoms with Gasteiger partial charge in [-0.15, -0.1) is 0 Å². The molecule has 3 N–H and O–H groups in total. The van der Waals surface area contributed by atoms with Crippen LogP contribution in [0.15, 0.2) is 36.4 Å². The summed E-state index contributed by atoms with van der Waals surface area (Å²) < 4.78 is 0. The summed E-state index contributed by atoms with van der Waals surface area (Å²) in [4.78, 5) is 0. The first-order chi connectivity index (χ1) is 3.00. The highest BCUT2D eigenvalue weighted by Gasteiger charge is 1.57. The molecule has 3 heteroatoms. The summed E-state index contributed by atoms with van der Waals surface area (Å²) in [5.41, 5.74) is 0. The molecule has 9 heavy (non-hydrogen) atoms. The summed E-state index contributed by atoms with van der Waals surface area (Å²) in [6, 6.07) is 12.0. The highest BCUT2D eigenvalue weighted by molar-refractivity contribution is 7.59. The molecule has 0 amide bonds. The van der Waals surface area contributed by atoms with Crippen LogP contribution < -0.4 is 30.1 Å². The summed E-state index contributed by atoms with van der Waals surface area (Å²) in [6.07, 6.45) is 0. The average Bonchev–Trinajstić information content (AvgIpc) is 1.72. The number of hydrogen-bond donors (Lipinski definition) is 1. The maximum Gasteiger partial charge on any atom is 0.235 e. The van der Waals surface area contributed by atoms with Gasteiger partial charge in [0.1, 0.15) is 0 Å².